The second-order valence-electron chi connectivity index (χ2n) is 5.78. The number of piperidine rings is 1. The molecule has 1 unspecified atom stereocenters. The summed E-state index contributed by atoms with van der Waals surface area (Å²) in [4.78, 5) is 12.0. The van der Waals surface area contributed by atoms with Crippen molar-refractivity contribution >= 4 is 17.2 Å². The number of rotatable bonds is 3. The molecule has 1 fully saturated rings. The third kappa shape index (κ3) is 2.93. The largest absolute Gasteiger partial charge is 0.350 e. The van der Waals surface area contributed by atoms with Crippen LogP contribution in [0.5, 0.6) is 0 Å². The van der Waals surface area contributed by atoms with Gasteiger partial charge in [0.15, 0.2) is 0 Å². The van der Waals surface area contributed by atoms with Crippen LogP contribution in [-0.4, -0.2) is 25.0 Å². The molecule has 3 nitrogen and oxygen atoms in total. The molecule has 1 amide bonds. The highest BCUT2D eigenvalue weighted by Crippen LogP contribution is 2.29. The third-order valence-corrected chi connectivity index (χ3v) is 4.76. The van der Waals surface area contributed by atoms with Crippen LogP contribution in [0.3, 0.4) is 0 Å². The third-order valence-electron chi connectivity index (χ3n) is 3.90. The van der Waals surface area contributed by atoms with E-state index >= 15 is 0 Å². The number of hydrogen-bond acceptors (Lipinski definition) is 3. The predicted octanol–water partition coefficient (Wildman–Crippen LogP) is 2.56. The number of aryl methyl sites for hydroxylation is 1. The van der Waals surface area contributed by atoms with E-state index in [0.717, 1.165) is 17.7 Å². The molecular weight excluding hydrogens is 244 g/mol. The zero-order valence-corrected chi connectivity index (χ0v) is 12.2. The predicted molar refractivity (Wildman–Crippen MR) is 76.2 cm³/mol. The Kier molecular flexibility index (Phi) is 4.07. The average Bonchev–Trinajstić information content (AvgIpc) is 2.73. The van der Waals surface area contributed by atoms with Crippen molar-refractivity contribution in [1.82, 2.24) is 10.6 Å². The van der Waals surface area contributed by atoms with Gasteiger partial charge in [-0.25, -0.2) is 0 Å². The van der Waals surface area contributed by atoms with Crippen LogP contribution >= 0.6 is 11.3 Å². The van der Waals surface area contributed by atoms with E-state index in [1.807, 2.05) is 17.7 Å². The van der Waals surface area contributed by atoms with Gasteiger partial charge < -0.3 is 10.6 Å². The van der Waals surface area contributed by atoms with Gasteiger partial charge in [0.05, 0.1) is 5.56 Å². The summed E-state index contributed by atoms with van der Waals surface area (Å²) in [6.45, 7) is 8.29. The van der Waals surface area contributed by atoms with Gasteiger partial charge >= 0.3 is 0 Å². The van der Waals surface area contributed by atoms with E-state index in [4.69, 9.17) is 0 Å². The molecule has 18 heavy (non-hydrogen) atoms. The van der Waals surface area contributed by atoms with E-state index in [1.54, 1.807) is 11.3 Å². The monoisotopic (exact) mass is 266 g/mol. The smallest absolute Gasteiger partial charge is 0.252 e. The summed E-state index contributed by atoms with van der Waals surface area (Å²) in [7, 11) is 0. The molecule has 1 aliphatic heterocycles. The van der Waals surface area contributed by atoms with Gasteiger partial charge in [0.25, 0.3) is 5.91 Å². The second-order valence-corrected chi connectivity index (χ2v) is 6.52. The molecule has 1 aromatic heterocycles. The molecule has 0 radical (unpaired) electrons. The molecule has 0 saturated carbocycles. The van der Waals surface area contributed by atoms with Gasteiger partial charge in [-0.15, -0.1) is 0 Å². The Bertz CT molecular complexity index is 425. The molecule has 0 aliphatic carbocycles. The van der Waals surface area contributed by atoms with Crippen LogP contribution in [-0.2, 0) is 0 Å². The summed E-state index contributed by atoms with van der Waals surface area (Å²) in [6.07, 6.45) is 2.44. The maximum absolute atomic E-state index is 12.0. The summed E-state index contributed by atoms with van der Waals surface area (Å²) >= 11 is 1.58. The minimum Gasteiger partial charge on any atom is -0.350 e. The average molecular weight is 266 g/mol. The Morgan fingerprint density at radius 3 is 2.94 bits per heavy atom. The van der Waals surface area contributed by atoms with Gasteiger partial charge in [-0.3, -0.25) is 4.79 Å². The van der Waals surface area contributed by atoms with Crippen LogP contribution < -0.4 is 10.6 Å². The number of thiophene rings is 1. The zero-order valence-electron chi connectivity index (χ0n) is 11.4. The summed E-state index contributed by atoms with van der Waals surface area (Å²) in [5.41, 5.74) is 2.14. The van der Waals surface area contributed by atoms with Crippen molar-refractivity contribution in [2.45, 2.75) is 39.7 Å². The van der Waals surface area contributed by atoms with Crippen LogP contribution in [0.4, 0.5) is 0 Å². The highest BCUT2D eigenvalue weighted by molar-refractivity contribution is 7.08. The van der Waals surface area contributed by atoms with Gasteiger partial charge in [0, 0.05) is 18.0 Å². The fourth-order valence-corrected chi connectivity index (χ4v) is 3.33. The topological polar surface area (TPSA) is 41.1 Å². The van der Waals surface area contributed by atoms with E-state index in [9.17, 15) is 4.79 Å². The number of amides is 1. The normalized spacial score (nSPS) is 22.7. The first-order chi connectivity index (χ1) is 8.50. The first-order valence-corrected chi connectivity index (χ1v) is 7.49. The van der Waals surface area contributed by atoms with E-state index < -0.39 is 0 Å². The first-order valence-electron chi connectivity index (χ1n) is 6.55. The van der Waals surface area contributed by atoms with E-state index in [2.05, 4.69) is 24.5 Å². The highest BCUT2D eigenvalue weighted by atomic mass is 32.1. The maximum atomic E-state index is 12.0. The van der Waals surface area contributed by atoms with Crippen LogP contribution in [0.1, 0.15) is 42.6 Å². The lowest BCUT2D eigenvalue weighted by molar-refractivity contribution is 0.0928. The van der Waals surface area contributed by atoms with E-state index in [0.29, 0.717) is 12.6 Å². The molecule has 100 valence electrons. The Balaban J connectivity index is 1.91. The van der Waals surface area contributed by atoms with Crippen LogP contribution in [0.15, 0.2) is 10.8 Å². The van der Waals surface area contributed by atoms with Crippen LogP contribution in [0.2, 0.25) is 0 Å². The van der Waals surface area contributed by atoms with Crippen molar-refractivity contribution in [2.75, 3.05) is 13.1 Å². The van der Waals surface area contributed by atoms with Crippen LogP contribution in [0, 0.1) is 12.3 Å². The van der Waals surface area contributed by atoms with Crippen molar-refractivity contribution < 1.29 is 4.79 Å². The van der Waals surface area contributed by atoms with Gasteiger partial charge in [0.1, 0.15) is 0 Å². The van der Waals surface area contributed by atoms with Crippen molar-refractivity contribution in [3.8, 4) is 0 Å². The Morgan fingerprint density at radius 1 is 1.56 bits per heavy atom. The molecule has 1 aromatic rings. The summed E-state index contributed by atoms with van der Waals surface area (Å²) in [6, 6.07) is 0.370. The fraction of sp³-hybridized carbons (Fsp3) is 0.643. The SMILES string of the molecule is Cc1cscc1C(=O)NCC1NCCCC1(C)C. The molecule has 4 heteroatoms. The molecule has 2 rings (SSSR count). The molecule has 1 saturated heterocycles. The standard InChI is InChI=1S/C14H22N2OS/c1-10-8-18-9-11(10)13(17)16-7-12-14(2,3)5-4-6-15-12/h8-9,12,15H,4-7H2,1-3H3,(H,16,17). The van der Waals surface area contributed by atoms with Crippen LogP contribution in [0.25, 0.3) is 0 Å². The lowest BCUT2D eigenvalue weighted by atomic mass is 9.77. The number of carbonyl (C=O) groups excluding carboxylic acids is 1. The first kappa shape index (κ1) is 13.6. The molecule has 0 spiro atoms. The highest BCUT2D eigenvalue weighted by Gasteiger charge is 2.32. The zero-order chi connectivity index (χ0) is 13.2. The summed E-state index contributed by atoms with van der Waals surface area (Å²) < 4.78 is 0. The molecule has 1 aliphatic rings. The van der Waals surface area contributed by atoms with Crippen molar-refractivity contribution in [2.24, 2.45) is 5.41 Å². The van der Waals surface area contributed by atoms with Crippen molar-refractivity contribution in [1.29, 1.82) is 0 Å². The number of nitrogens with one attached hydrogen (secondary N) is 2. The Morgan fingerprint density at radius 2 is 2.33 bits per heavy atom. The Hall–Kier alpha value is -0.870. The number of hydrogen-bond donors (Lipinski definition) is 2. The summed E-state index contributed by atoms with van der Waals surface area (Å²) in [5.74, 6) is 0.0527. The lowest BCUT2D eigenvalue weighted by Gasteiger charge is -2.39. The maximum Gasteiger partial charge on any atom is 0.252 e. The quantitative estimate of drug-likeness (QED) is 0.883. The second kappa shape index (κ2) is 5.41. The van der Waals surface area contributed by atoms with E-state index in [1.165, 1.54) is 12.8 Å². The molecule has 1 atom stereocenters. The van der Waals surface area contributed by atoms with Crippen molar-refractivity contribution in [3.05, 3.63) is 21.9 Å². The molecular formula is C14H22N2OS. The van der Waals surface area contributed by atoms with Gasteiger partial charge in [-0.2, -0.15) is 11.3 Å². The van der Waals surface area contributed by atoms with E-state index in [-0.39, 0.29) is 11.3 Å². The lowest BCUT2D eigenvalue weighted by Crippen LogP contribution is -2.52. The molecule has 0 aromatic carbocycles. The molecule has 0 bridgehead atoms. The van der Waals surface area contributed by atoms with Crippen molar-refractivity contribution in [3.63, 3.8) is 0 Å². The fourth-order valence-electron chi connectivity index (χ4n) is 2.50. The molecule has 2 N–H and O–H groups in total. The van der Waals surface area contributed by atoms with Gasteiger partial charge in [-0.1, -0.05) is 13.8 Å². The minimum atomic E-state index is 0.0527. The Labute approximate surface area is 113 Å². The van der Waals surface area contributed by atoms with Gasteiger partial charge in [-0.05, 0) is 42.7 Å². The van der Waals surface area contributed by atoms with Gasteiger partial charge in [0.2, 0.25) is 0 Å². The molecule has 2 heterocycles. The minimum absolute atomic E-state index is 0.0527. The number of carbonyl (C=O) groups is 1. The summed E-state index contributed by atoms with van der Waals surface area (Å²) in [5, 5.41) is 10.5.